The van der Waals surface area contributed by atoms with E-state index in [0.29, 0.717) is 6.04 Å². The van der Waals surface area contributed by atoms with Crippen LogP contribution in [-0.4, -0.2) is 49.7 Å². The molecule has 0 radical (unpaired) electrons. The van der Waals surface area contributed by atoms with E-state index in [-0.39, 0.29) is 5.82 Å². The molecule has 1 saturated carbocycles. The lowest BCUT2D eigenvalue weighted by atomic mass is 10.1. The first-order valence-corrected chi connectivity index (χ1v) is 8.21. The third-order valence-corrected chi connectivity index (χ3v) is 4.70. The van der Waals surface area contributed by atoms with E-state index >= 15 is 0 Å². The van der Waals surface area contributed by atoms with E-state index in [1.165, 1.54) is 19.3 Å². The van der Waals surface area contributed by atoms with Gasteiger partial charge in [0.15, 0.2) is 0 Å². The number of para-hydroxylation sites is 1. The van der Waals surface area contributed by atoms with Crippen LogP contribution in [0.3, 0.4) is 0 Å². The van der Waals surface area contributed by atoms with Crippen LogP contribution in [0.5, 0.6) is 0 Å². The summed E-state index contributed by atoms with van der Waals surface area (Å²) in [6.07, 6.45) is 3.92. The Bertz CT molecular complexity index is 453. The van der Waals surface area contributed by atoms with E-state index in [2.05, 4.69) is 22.0 Å². The number of nitrogens with one attached hydrogen (secondary N) is 1. The van der Waals surface area contributed by atoms with Crippen LogP contribution in [0.4, 0.5) is 10.1 Å². The zero-order chi connectivity index (χ0) is 14.7. The molecule has 0 amide bonds. The average Bonchev–Trinajstić information content (AvgIpc) is 3.32. The number of nitrogens with zero attached hydrogens (tertiary/aromatic N) is 2. The highest BCUT2D eigenvalue weighted by Gasteiger charge is 2.24. The van der Waals surface area contributed by atoms with Crippen molar-refractivity contribution in [3.8, 4) is 0 Å². The Morgan fingerprint density at radius 2 is 1.90 bits per heavy atom. The highest BCUT2D eigenvalue weighted by atomic mass is 19.1. The van der Waals surface area contributed by atoms with Crippen molar-refractivity contribution in [2.45, 2.75) is 38.3 Å². The summed E-state index contributed by atoms with van der Waals surface area (Å²) in [6.45, 7) is 7.33. The molecule has 1 N–H and O–H groups in total. The molecule has 3 nitrogen and oxygen atoms in total. The third kappa shape index (κ3) is 3.95. The number of halogens is 1. The van der Waals surface area contributed by atoms with Gasteiger partial charge in [-0.2, -0.15) is 0 Å². The van der Waals surface area contributed by atoms with Gasteiger partial charge in [0.25, 0.3) is 0 Å². The minimum absolute atomic E-state index is 0.104. The number of benzene rings is 1. The van der Waals surface area contributed by atoms with Crippen molar-refractivity contribution in [3.05, 3.63) is 30.1 Å². The van der Waals surface area contributed by atoms with Crippen LogP contribution in [0.15, 0.2) is 24.3 Å². The van der Waals surface area contributed by atoms with Gasteiger partial charge in [-0.15, -0.1) is 0 Å². The predicted molar refractivity (Wildman–Crippen MR) is 85.3 cm³/mol. The molecule has 0 aromatic heterocycles. The summed E-state index contributed by atoms with van der Waals surface area (Å²) in [5.41, 5.74) is 0.750. The highest BCUT2D eigenvalue weighted by Crippen LogP contribution is 2.21. The molecule has 116 valence electrons. The lowest BCUT2D eigenvalue weighted by Gasteiger charge is -2.39. The van der Waals surface area contributed by atoms with Gasteiger partial charge in [0.05, 0.1) is 5.69 Å². The molecule has 1 atom stereocenters. The van der Waals surface area contributed by atoms with Crippen LogP contribution in [0.2, 0.25) is 0 Å². The second-order valence-corrected chi connectivity index (χ2v) is 6.34. The lowest BCUT2D eigenvalue weighted by molar-refractivity contribution is 0.187. The van der Waals surface area contributed by atoms with Gasteiger partial charge < -0.3 is 10.2 Å². The molecule has 1 aliphatic carbocycles. The maximum atomic E-state index is 13.8. The van der Waals surface area contributed by atoms with E-state index < -0.39 is 0 Å². The summed E-state index contributed by atoms with van der Waals surface area (Å²) in [4.78, 5) is 4.70. The van der Waals surface area contributed by atoms with Gasteiger partial charge >= 0.3 is 0 Å². The van der Waals surface area contributed by atoms with Crippen LogP contribution >= 0.6 is 0 Å². The Labute approximate surface area is 127 Å². The quantitative estimate of drug-likeness (QED) is 0.868. The average molecular weight is 291 g/mol. The van der Waals surface area contributed by atoms with Crippen molar-refractivity contribution in [1.29, 1.82) is 0 Å². The number of hydrogen-bond donors (Lipinski definition) is 1. The zero-order valence-corrected chi connectivity index (χ0v) is 12.9. The Kier molecular flexibility index (Phi) is 4.76. The summed E-state index contributed by atoms with van der Waals surface area (Å²) < 4.78 is 13.8. The Balaban J connectivity index is 1.44. The van der Waals surface area contributed by atoms with Crippen LogP contribution in [0.25, 0.3) is 0 Å². The Morgan fingerprint density at radius 1 is 1.19 bits per heavy atom. The van der Waals surface area contributed by atoms with E-state index in [1.807, 2.05) is 12.1 Å². The van der Waals surface area contributed by atoms with Gasteiger partial charge in [0.2, 0.25) is 0 Å². The van der Waals surface area contributed by atoms with Crippen molar-refractivity contribution in [3.63, 3.8) is 0 Å². The van der Waals surface area contributed by atoms with Gasteiger partial charge in [0.1, 0.15) is 5.82 Å². The summed E-state index contributed by atoms with van der Waals surface area (Å²) in [7, 11) is 0. The van der Waals surface area contributed by atoms with Gasteiger partial charge in [-0.25, -0.2) is 4.39 Å². The van der Waals surface area contributed by atoms with E-state index in [0.717, 1.165) is 44.5 Å². The largest absolute Gasteiger partial charge is 0.367 e. The lowest BCUT2D eigenvalue weighted by Crippen LogP contribution is -2.50. The van der Waals surface area contributed by atoms with Crippen LogP contribution in [0, 0.1) is 5.82 Å². The molecule has 1 unspecified atom stereocenters. The van der Waals surface area contributed by atoms with Crippen LogP contribution in [-0.2, 0) is 0 Å². The van der Waals surface area contributed by atoms with Crippen LogP contribution in [0.1, 0.15) is 26.2 Å². The van der Waals surface area contributed by atoms with Crippen molar-refractivity contribution in [2.24, 2.45) is 0 Å². The van der Waals surface area contributed by atoms with Gasteiger partial charge in [-0.1, -0.05) is 12.1 Å². The second-order valence-electron chi connectivity index (χ2n) is 6.34. The standard InChI is InChI=1S/C17H26FN3/c1-14(8-9-19-15-6-7-15)20-10-12-21(13-11-20)17-5-3-2-4-16(17)18/h2-5,14-15,19H,6-13H2,1H3. The van der Waals surface area contributed by atoms with E-state index in [1.54, 1.807) is 12.1 Å². The Morgan fingerprint density at radius 3 is 2.57 bits per heavy atom. The number of piperazine rings is 1. The van der Waals surface area contributed by atoms with Crippen molar-refractivity contribution >= 4 is 5.69 Å². The van der Waals surface area contributed by atoms with Crippen molar-refractivity contribution in [1.82, 2.24) is 10.2 Å². The van der Waals surface area contributed by atoms with Crippen LogP contribution < -0.4 is 10.2 Å². The maximum absolute atomic E-state index is 13.8. The first kappa shape index (κ1) is 14.8. The summed E-state index contributed by atoms with van der Waals surface area (Å²) in [6, 6.07) is 8.51. The molecule has 2 aliphatic rings. The van der Waals surface area contributed by atoms with E-state index in [4.69, 9.17) is 0 Å². The van der Waals surface area contributed by atoms with Gasteiger partial charge in [-0.3, -0.25) is 4.90 Å². The molecule has 2 fully saturated rings. The predicted octanol–water partition coefficient (Wildman–Crippen LogP) is 2.48. The molecule has 3 rings (SSSR count). The fraction of sp³-hybridized carbons (Fsp3) is 0.647. The zero-order valence-electron chi connectivity index (χ0n) is 12.9. The van der Waals surface area contributed by atoms with Gasteiger partial charge in [-0.05, 0) is 44.9 Å². The minimum atomic E-state index is -0.104. The molecular formula is C17H26FN3. The molecular weight excluding hydrogens is 265 g/mol. The first-order chi connectivity index (χ1) is 10.2. The van der Waals surface area contributed by atoms with Crippen molar-refractivity contribution < 1.29 is 4.39 Å². The molecule has 21 heavy (non-hydrogen) atoms. The summed E-state index contributed by atoms with van der Waals surface area (Å²) >= 11 is 0. The normalized spacial score (nSPS) is 21.5. The molecule has 0 spiro atoms. The third-order valence-electron chi connectivity index (χ3n) is 4.70. The molecule has 1 aromatic rings. The number of anilines is 1. The fourth-order valence-corrected chi connectivity index (χ4v) is 3.08. The fourth-order valence-electron chi connectivity index (χ4n) is 3.08. The number of hydrogen-bond acceptors (Lipinski definition) is 3. The molecule has 4 heteroatoms. The Hall–Kier alpha value is -1.13. The molecule has 1 aromatic carbocycles. The molecule has 1 heterocycles. The molecule has 0 bridgehead atoms. The van der Waals surface area contributed by atoms with E-state index in [9.17, 15) is 4.39 Å². The van der Waals surface area contributed by atoms with Crippen molar-refractivity contribution in [2.75, 3.05) is 37.6 Å². The summed E-state index contributed by atoms with van der Waals surface area (Å²) in [5, 5.41) is 3.58. The summed E-state index contributed by atoms with van der Waals surface area (Å²) in [5.74, 6) is -0.104. The highest BCUT2D eigenvalue weighted by molar-refractivity contribution is 5.47. The monoisotopic (exact) mass is 291 g/mol. The topological polar surface area (TPSA) is 18.5 Å². The smallest absolute Gasteiger partial charge is 0.146 e. The van der Waals surface area contributed by atoms with Gasteiger partial charge in [0, 0.05) is 38.3 Å². The number of rotatable bonds is 6. The first-order valence-electron chi connectivity index (χ1n) is 8.21. The minimum Gasteiger partial charge on any atom is -0.367 e. The second kappa shape index (κ2) is 6.75. The molecule has 1 saturated heterocycles. The molecule has 1 aliphatic heterocycles. The maximum Gasteiger partial charge on any atom is 0.146 e. The SMILES string of the molecule is CC(CCNC1CC1)N1CCN(c2ccccc2F)CC1.